The normalized spacial score (nSPS) is 13.5. The van der Waals surface area contributed by atoms with Gasteiger partial charge < -0.3 is 10.2 Å². The standard InChI is InChI=1S/C42H79N3O.ClH/c1-5-7-9-11-13-15-17-19-21-23-24-26-28-30-32-34-36-40-43-38-39-45(40)42(3,4)44-41(46)37-35-33-31-29-27-25-22-20-18-16-14-12-10-8-6-2;/h19-22H,5-18,23-39H2,1-4H3,(H,44,46);1H/b21-19-,22-20-;. The average Bonchev–Trinajstić information content (AvgIpc) is 3.52. The van der Waals surface area contributed by atoms with Crippen LogP contribution in [0.1, 0.15) is 214 Å². The lowest BCUT2D eigenvalue weighted by molar-refractivity contribution is -0.124. The van der Waals surface area contributed by atoms with Crippen molar-refractivity contribution in [1.29, 1.82) is 0 Å². The lowest BCUT2D eigenvalue weighted by Crippen LogP contribution is -2.57. The molecule has 0 aromatic rings. The van der Waals surface area contributed by atoms with Crippen LogP contribution in [0.2, 0.25) is 0 Å². The molecule has 1 N–H and O–H groups in total. The van der Waals surface area contributed by atoms with Crippen LogP contribution in [0, 0.1) is 0 Å². The molecular weight excluding hydrogens is 598 g/mol. The summed E-state index contributed by atoms with van der Waals surface area (Å²) in [5.41, 5.74) is -0.364. The molecule has 0 saturated heterocycles. The second-order valence-electron chi connectivity index (χ2n) is 14.6. The number of hydrogen-bond donors (Lipinski definition) is 1. The summed E-state index contributed by atoms with van der Waals surface area (Å²) in [5.74, 6) is 1.38. The lowest BCUT2D eigenvalue weighted by Gasteiger charge is -2.38. The molecule has 1 rings (SSSR count). The molecule has 47 heavy (non-hydrogen) atoms. The molecule has 0 aromatic heterocycles. The second kappa shape index (κ2) is 33.2. The molecular formula is C42H80ClN3O. The largest absolute Gasteiger partial charge is 0.336 e. The molecule has 0 fully saturated rings. The van der Waals surface area contributed by atoms with Crippen LogP contribution >= 0.6 is 12.4 Å². The Bertz CT molecular complexity index is 791. The number of aliphatic imine (C=N–C) groups is 1. The van der Waals surface area contributed by atoms with E-state index in [2.05, 4.69) is 62.2 Å². The van der Waals surface area contributed by atoms with Gasteiger partial charge in [-0.05, 0) is 78.1 Å². The van der Waals surface area contributed by atoms with Crippen molar-refractivity contribution >= 4 is 24.1 Å². The zero-order chi connectivity index (χ0) is 33.4. The summed E-state index contributed by atoms with van der Waals surface area (Å²) in [5, 5.41) is 3.33. The zero-order valence-corrected chi connectivity index (χ0v) is 32.8. The third-order valence-corrected chi connectivity index (χ3v) is 9.63. The molecule has 0 saturated carbocycles. The summed E-state index contributed by atoms with van der Waals surface area (Å²) in [4.78, 5) is 20.0. The van der Waals surface area contributed by atoms with Gasteiger partial charge in [0.05, 0.1) is 6.54 Å². The molecule has 5 heteroatoms. The van der Waals surface area contributed by atoms with E-state index < -0.39 is 0 Å². The molecule has 0 aliphatic carbocycles. The van der Waals surface area contributed by atoms with Gasteiger partial charge in [-0.3, -0.25) is 9.79 Å². The van der Waals surface area contributed by atoms with Crippen LogP contribution < -0.4 is 5.32 Å². The molecule has 0 atom stereocenters. The highest BCUT2D eigenvalue weighted by atomic mass is 35.5. The summed E-state index contributed by atoms with van der Waals surface area (Å²) in [6.45, 7) is 10.6. The van der Waals surface area contributed by atoms with E-state index >= 15 is 0 Å². The maximum Gasteiger partial charge on any atom is 0.221 e. The summed E-state index contributed by atoms with van der Waals surface area (Å²) in [7, 11) is 0. The van der Waals surface area contributed by atoms with Crippen molar-refractivity contribution in [3.05, 3.63) is 24.3 Å². The van der Waals surface area contributed by atoms with E-state index in [-0.39, 0.29) is 24.0 Å². The highest BCUT2D eigenvalue weighted by Gasteiger charge is 2.32. The van der Waals surface area contributed by atoms with Crippen LogP contribution in [0.15, 0.2) is 29.3 Å². The maximum absolute atomic E-state index is 12.8. The first-order valence-electron chi connectivity index (χ1n) is 20.4. The number of nitrogens with zero attached hydrogens (tertiary/aromatic N) is 2. The Morgan fingerprint density at radius 3 is 1.45 bits per heavy atom. The van der Waals surface area contributed by atoms with Crippen molar-refractivity contribution in [1.82, 2.24) is 10.2 Å². The molecule has 276 valence electrons. The molecule has 0 spiro atoms. The SMILES string of the molecule is CCCCCCCC/C=C\CCCCCCCCC1=NCCN1C(C)(C)NC(=O)CCCCCCC/C=C\CCCCCCCC.Cl. The molecule has 0 bridgehead atoms. The number of carbonyl (C=O) groups excluding carboxylic acids is 1. The van der Waals surface area contributed by atoms with Gasteiger partial charge in [0, 0.05) is 19.4 Å². The molecule has 0 aromatic carbocycles. The Morgan fingerprint density at radius 2 is 1.00 bits per heavy atom. The number of amides is 1. The number of nitrogens with one attached hydrogen (secondary N) is 1. The smallest absolute Gasteiger partial charge is 0.221 e. The molecule has 0 radical (unpaired) electrons. The van der Waals surface area contributed by atoms with Crippen LogP contribution in [-0.4, -0.2) is 35.4 Å². The number of rotatable bonds is 33. The van der Waals surface area contributed by atoms with Crippen LogP contribution in [0.25, 0.3) is 0 Å². The average molecular weight is 679 g/mol. The van der Waals surface area contributed by atoms with Crippen molar-refractivity contribution in [3.8, 4) is 0 Å². The minimum Gasteiger partial charge on any atom is -0.336 e. The molecule has 1 aliphatic heterocycles. The Balaban J connectivity index is 0.0000212. The van der Waals surface area contributed by atoms with Gasteiger partial charge in [0.1, 0.15) is 11.5 Å². The predicted octanol–water partition coefficient (Wildman–Crippen LogP) is 13.4. The van der Waals surface area contributed by atoms with E-state index in [4.69, 9.17) is 4.99 Å². The first-order valence-corrected chi connectivity index (χ1v) is 20.4. The predicted molar refractivity (Wildman–Crippen MR) is 212 cm³/mol. The van der Waals surface area contributed by atoms with E-state index in [1.54, 1.807) is 0 Å². The Labute approximate surface area is 300 Å². The third kappa shape index (κ3) is 27.2. The topological polar surface area (TPSA) is 44.7 Å². The van der Waals surface area contributed by atoms with E-state index in [0.29, 0.717) is 6.42 Å². The zero-order valence-electron chi connectivity index (χ0n) is 31.9. The highest BCUT2D eigenvalue weighted by molar-refractivity contribution is 5.86. The van der Waals surface area contributed by atoms with Crippen LogP contribution in [0.5, 0.6) is 0 Å². The summed E-state index contributed by atoms with van der Waals surface area (Å²) in [6, 6.07) is 0. The monoisotopic (exact) mass is 678 g/mol. The van der Waals surface area contributed by atoms with Gasteiger partial charge in [0.2, 0.25) is 5.91 Å². The molecule has 1 aliphatic rings. The third-order valence-electron chi connectivity index (χ3n) is 9.63. The number of carbonyl (C=O) groups is 1. The van der Waals surface area contributed by atoms with E-state index in [9.17, 15) is 4.79 Å². The van der Waals surface area contributed by atoms with Crippen LogP contribution in [0.3, 0.4) is 0 Å². The van der Waals surface area contributed by atoms with Crippen molar-refractivity contribution in [2.75, 3.05) is 13.1 Å². The molecule has 0 unspecified atom stereocenters. The fraction of sp³-hybridized carbons (Fsp3) is 0.857. The molecule has 4 nitrogen and oxygen atoms in total. The lowest BCUT2D eigenvalue weighted by atomic mass is 10.1. The first kappa shape index (κ1) is 45.7. The summed E-state index contributed by atoms with van der Waals surface area (Å²) < 4.78 is 0. The van der Waals surface area contributed by atoms with Crippen molar-refractivity contribution in [2.24, 2.45) is 4.99 Å². The van der Waals surface area contributed by atoms with Gasteiger partial charge in [-0.1, -0.05) is 147 Å². The van der Waals surface area contributed by atoms with Crippen LogP contribution in [0.4, 0.5) is 0 Å². The Kier molecular flexibility index (Phi) is 32.3. The quantitative estimate of drug-likeness (QED) is 0.0555. The van der Waals surface area contributed by atoms with Crippen molar-refractivity contribution < 1.29 is 4.79 Å². The number of amidine groups is 1. The Morgan fingerprint density at radius 1 is 0.617 bits per heavy atom. The van der Waals surface area contributed by atoms with Gasteiger partial charge in [-0.15, -0.1) is 12.4 Å². The number of halogens is 1. The summed E-state index contributed by atoms with van der Waals surface area (Å²) >= 11 is 0. The van der Waals surface area contributed by atoms with Gasteiger partial charge in [-0.25, -0.2) is 0 Å². The van der Waals surface area contributed by atoms with Gasteiger partial charge in [0.15, 0.2) is 0 Å². The number of allylic oxidation sites excluding steroid dienone is 4. The van der Waals surface area contributed by atoms with E-state index in [1.807, 2.05) is 0 Å². The van der Waals surface area contributed by atoms with Gasteiger partial charge >= 0.3 is 0 Å². The Hall–Kier alpha value is -1.29. The minimum atomic E-state index is -0.364. The number of unbranched alkanes of at least 4 members (excludes halogenated alkanes) is 23. The first-order chi connectivity index (χ1) is 22.5. The molecule has 1 amide bonds. The molecule has 1 heterocycles. The minimum absolute atomic E-state index is 0. The van der Waals surface area contributed by atoms with Crippen molar-refractivity contribution in [3.63, 3.8) is 0 Å². The van der Waals surface area contributed by atoms with Crippen LogP contribution in [-0.2, 0) is 4.79 Å². The van der Waals surface area contributed by atoms with Gasteiger partial charge in [-0.2, -0.15) is 0 Å². The second-order valence-corrected chi connectivity index (χ2v) is 14.6. The fourth-order valence-electron chi connectivity index (χ4n) is 6.67. The van der Waals surface area contributed by atoms with E-state index in [0.717, 1.165) is 32.4 Å². The highest BCUT2D eigenvalue weighted by Crippen LogP contribution is 2.20. The maximum atomic E-state index is 12.8. The summed E-state index contributed by atoms with van der Waals surface area (Å²) in [6.07, 6.45) is 46.7. The fourth-order valence-corrected chi connectivity index (χ4v) is 6.67. The van der Waals surface area contributed by atoms with E-state index in [1.165, 1.54) is 166 Å². The van der Waals surface area contributed by atoms with Crippen molar-refractivity contribution in [2.45, 2.75) is 220 Å². The number of hydrogen-bond acceptors (Lipinski definition) is 3. The van der Waals surface area contributed by atoms with Gasteiger partial charge in [0.25, 0.3) is 0 Å².